The van der Waals surface area contributed by atoms with Crippen molar-refractivity contribution < 1.29 is 18.3 Å². The number of carboxylic acids is 1. The summed E-state index contributed by atoms with van der Waals surface area (Å²) in [5.41, 5.74) is 0. The van der Waals surface area contributed by atoms with Crippen LogP contribution in [0.2, 0.25) is 0 Å². The number of carboxylic acid groups (broad SMARTS) is 1. The highest BCUT2D eigenvalue weighted by molar-refractivity contribution is 7.92. The van der Waals surface area contributed by atoms with Crippen molar-refractivity contribution in [1.82, 2.24) is 0 Å². The standard InChI is InChI=1S/C9H18O4S/c1-3-4-5-6-7-8(9(10)11)14(2,12)13/h8H,3-7H2,1-2H3,(H,10,11). The van der Waals surface area contributed by atoms with Gasteiger partial charge in [0, 0.05) is 6.26 Å². The molecule has 0 heterocycles. The number of hydrogen-bond acceptors (Lipinski definition) is 3. The predicted octanol–water partition coefficient (Wildman–Crippen LogP) is 1.45. The fraction of sp³-hybridized carbons (Fsp3) is 0.889. The number of unbranched alkanes of at least 4 members (excludes halogenated alkanes) is 3. The van der Waals surface area contributed by atoms with Crippen LogP contribution < -0.4 is 0 Å². The zero-order valence-corrected chi connectivity index (χ0v) is 9.51. The molecule has 0 saturated carbocycles. The highest BCUT2D eigenvalue weighted by Crippen LogP contribution is 2.11. The van der Waals surface area contributed by atoms with Crippen LogP contribution in [0.3, 0.4) is 0 Å². The molecule has 1 unspecified atom stereocenters. The Balaban J connectivity index is 4.07. The fourth-order valence-corrected chi connectivity index (χ4v) is 2.24. The van der Waals surface area contributed by atoms with Crippen molar-refractivity contribution in [1.29, 1.82) is 0 Å². The number of rotatable bonds is 7. The first-order valence-corrected chi connectivity index (χ1v) is 6.76. The van der Waals surface area contributed by atoms with E-state index in [0.717, 1.165) is 25.5 Å². The van der Waals surface area contributed by atoms with E-state index in [1.165, 1.54) is 0 Å². The maximum atomic E-state index is 11.1. The Bertz CT molecular complexity index is 269. The summed E-state index contributed by atoms with van der Waals surface area (Å²) in [6, 6.07) is 0. The molecule has 0 amide bonds. The second-order valence-electron chi connectivity index (χ2n) is 3.51. The molecular formula is C9H18O4S. The van der Waals surface area contributed by atoms with E-state index in [-0.39, 0.29) is 6.42 Å². The van der Waals surface area contributed by atoms with Crippen LogP contribution in [-0.4, -0.2) is 31.0 Å². The van der Waals surface area contributed by atoms with Gasteiger partial charge in [-0.15, -0.1) is 0 Å². The Morgan fingerprint density at radius 3 is 2.21 bits per heavy atom. The van der Waals surface area contributed by atoms with E-state index in [2.05, 4.69) is 0 Å². The molecule has 0 saturated heterocycles. The van der Waals surface area contributed by atoms with Gasteiger partial charge in [0.25, 0.3) is 0 Å². The Morgan fingerprint density at radius 2 is 1.86 bits per heavy atom. The van der Waals surface area contributed by atoms with E-state index in [1.54, 1.807) is 0 Å². The summed E-state index contributed by atoms with van der Waals surface area (Å²) in [5.74, 6) is -1.23. The monoisotopic (exact) mass is 222 g/mol. The van der Waals surface area contributed by atoms with Crippen LogP contribution in [0.1, 0.15) is 39.0 Å². The van der Waals surface area contributed by atoms with Gasteiger partial charge in [0.2, 0.25) is 0 Å². The molecule has 0 aromatic carbocycles. The molecule has 0 aliphatic carbocycles. The van der Waals surface area contributed by atoms with Crippen LogP contribution in [0.15, 0.2) is 0 Å². The molecule has 0 aromatic rings. The van der Waals surface area contributed by atoms with Gasteiger partial charge in [-0.1, -0.05) is 32.6 Å². The van der Waals surface area contributed by atoms with Gasteiger partial charge >= 0.3 is 5.97 Å². The molecule has 1 atom stereocenters. The van der Waals surface area contributed by atoms with Crippen LogP contribution in [0, 0.1) is 0 Å². The molecule has 0 spiro atoms. The van der Waals surface area contributed by atoms with Crippen molar-refractivity contribution in [2.75, 3.05) is 6.26 Å². The molecule has 4 nitrogen and oxygen atoms in total. The predicted molar refractivity (Wildman–Crippen MR) is 55.0 cm³/mol. The van der Waals surface area contributed by atoms with Crippen molar-refractivity contribution in [2.24, 2.45) is 0 Å². The highest BCUT2D eigenvalue weighted by atomic mass is 32.2. The molecule has 0 aliphatic heterocycles. The largest absolute Gasteiger partial charge is 0.480 e. The smallest absolute Gasteiger partial charge is 0.321 e. The maximum Gasteiger partial charge on any atom is 0.321 e. The first-order chi connectivity index (χ1) is 6.39. The third kappa shape index (κ3) is 5.21. The molecule has 84 valence electrons. The average Bonchev–Trinajstić information content (AvgIpc) is 2.01. The molecule has 0 aromatic heterocycles. The summed E-state index contributed by atoms with van der Waals surface area (Å²) in [5, 5.41) is 7.46. The Kier molecular flexibility index (Phi) is 5.76. The van der Waals surface area contributed by atoms with Crippen molar-refractivity contribution >= 4 is 15.8 Å². The molecule has 0 fully saturated rings. The van der Waals surface area contributed by atoms with E-state index in [4.69, 9.17) is 5.11 Å². The van der Waals surface area contributed by atoms with Crippen molar-refractivity contribution in [3.8, 4) is 0 Å². The molecule has 0 bridgehead atoms. The molecule has 0 rings (SSSR count). The maximum absolute atomic E-state index is 11.1. The molecule has 1 N–H and O–H groups in total. The minimum absolute atomic E-state index is 0.230. The summed E-state index contributed by atoms with van der Waals surface area (Å²) < 4.78 is 22.1. The van der Waals surface area contributed by atoms with Gasteiger partial charge in [0.05, 0.1) is 0 Å². The topological polar surface area (TPSA) is 71.4 Å². The van der Waals surface area contributed by atoms with Gasteiger partial charge in [-0.3, -0.25) is 4.79 Å². The highest BCUT2D eigenvalue weighted by Gasteiger charge is 2.27. The van der Waals surface area contributed by atoms with Gasteiger partial charge < -0.3 is 5.11 Å². The van der Waals surface area contributed by atoms with Crippen molar-refractivity contribution in [3.63, 3.8) is 0 Å². The first kappa shape index (κ1) is 13.4. The lowest BCUT2D eigenvalue weighted by molar-refractivity contribution is -0.136. The van der Waals surface area contributed by atoms with E-state index in [9.17, 15) is 13.2 Å². The SMILES string of the molecule is CCCCCCC(C(=O)O)S(C)(=O)=O. The second-order valence-corrected chi connectivity index (χ2v) is 5.73. The number of hydrogen-bond donors (Lipinski definition) is 1. The molecule has 0 radical (unpaired) electrons. The molecule has 5 heteroatoms. The Hall–Kier alpha value is -0.580. The van der Waals surface area contributed by atoms with Gasteiger partial charge in [-0.05, 0) is 6.42 Å². The zero-order chi connectivity index (χ0) is 11.2. The molecule has 14 heavy (non-hydrogen) atoms. The van der Waals surface area contributed by atoms with Gasteiger partial charge in [0.1, 0.15) is 0 Å². The minimum atomic E-state index is -3.45. The molecule has 0 aliphatic rings. The van der Waals surface area contributed by atoms with E-state index in [1.807, 2.05) is 6.92 Å². The Morgan fingerprint density at radius 1 is 1.29 bits per heavy atom. The lowest BCUT2D eigenvalue weighted by atomic mass is 10.1. The summed E-state index contributed by atoms with van der Waals surface area (Å²) >= 11 is 0. The van der Waals surface area contributed by atoms with Crippen LogP contribution in [-0.2, 0) is 14.6 Å². The second kappa shape index (κ2) is 6.01. The van der Waals surface area contributed by atoms with Crippen molar-refractivity contribution in [3.05, 3.63) is 0 Å². The summed E-state index contributed by atoms with van der Waals surface area (Å²) in [4.78, 5) is 10.6. The van der Waals surface area contributed by atoms with Crippen LogP contribution in [0.5, 0.6) is 0 Å². The summed E-state index contributed by atoms with van der Waals surface area (Å²) in [7, 11) is -3.45. The van der Waals surface area contributed by atoms with Gasteiger partial charge in [-0.25, -0.2) is 8.42 Å². The first-order valence-electron chi connectivity index (χ1n) is 4.81. The normalized spacial score (nSPS) is 13.9. The lowest BCUT2D eigenvalue weighted by Gasteiger charge is -2.09. The van der Waals surface area contributed by atoms with Crippen LogP contribution in [0.25, 0.3) is 0 Å². The zero-order valence-electron chi connectivity index (χ0n) is 8.69. The van der Waals surface area contributed by atoms with E-state index in [0.29, 0.717) is 6.42 Å². The van der Waals surface area contributed by atoms with Gasteiger partial charge in [-0.2, -0.15) is 0 Å². The molecular weight excluding hydrogens is 204 g/mol. The summed E-state index contributed by atoms with van der Waals surface area (Å²) in [6.45, 7) is 2.05. The minimum Gasteiger partial charge on any atom is -0.480 e. The van der Waals surface area contributed by atoms with E-state index >= 15 is 0 Å². The number of carbonyl (C=O) groups is 1. The Labute approximate surface area is 85.2 Å². The average molecular weight is 222 g/mol. The number of aliphatic carboxylic acids is 1. The van der Waals surface area contributed by atoms with Crippen LogP contribution in [0.4, 0.5) is 0 Å². The third-order valence-electron chi connectivity index (χ3n) is 2.11. The van der Waals surface area contributed by atoms with E-state index < -0.39 is 21.1 Å². The van der Waals surface area contributed by atoms with Crippen molar-refractivity contribution in [2.45, 2.75) is 44.3 Å². The summed E-state index contributed by atoms with van der Waals surface area (Å²) in [6.07, 6.45) is 4.85. The fourth-order valence-electron chi connectivity index (χ4n) is 1.28. The quantitative estimate of drug-likeness (QED) is 0.662. The lowest BCUT2D eigenvalue weighted by Crippen LogP contribution is -2.29. The third-order valence-corrected chi connectivity index (χ3v) is 3.58. The van der Waals surface area contributed by atoms with Crippen LogP contribution >= 0.6 is 0 Å². The van der Waals surface area contributed by atoms with Gasteiger partial charge in [0.15, 0.2) is 15.1 Å². The number of sulfone groups is 1.